The number of para-hydroxylation sites is 2. The molecule has 5 rings (SSSR count). The number of rotatable bonds is 5. The Morgan fingerprint density at radius 1 is 0.806 bits per heavy atom. The molecule has 150 valence electrons. The number of amides is 1. The molecule has 3 aromatic carbocycles. The number of carbonyl (C=O) groups is 1. The van der Waals surface area contributed by atoms with Crippen molar-refractivity contribution in [3.05, 3.63) is 107 Å². The van der Waals surface area contributed by atoms with Crippen LogP contribution < -0.4 is 5.32 Å². The Kier molecular flexibility index (Phi) is 5.21. The van der Waals surface area contributed by atoms with Crippen LogP contribution in [0.15, 0.2) is 90.4 Å². The first-order chi connectivity index (χ1) is 15.2. The first-order valence-electron chi connectivity index (χ1n) is 9.86. The fourth-order valence-electron chi connectivity index (χ4n) is 3.32. The van der Waals surface area contributed by atoms with Crippen LogP contribution in [0.3, 0.4) is 0 Å². The van der Waals surface area contributed by atoms with Crippen molar-refractivity contribution >= 4 is 33.4 Å². The molecular formula is C25H18N4OS. The molecule has 1 amide bonds. The first-order valence-corrected chi connectivity index (χ1v) is 10.7. The number of aromatic nitrogens is 3. The molecule has 0 saturated heterocycles. The van der Waals surface area contributed by atoms with E-state index in [-0.39, 0.29) is 11.6 Å². The molecule has 0 aliphatic rings. The van der Waals surface area contributed by atoms with E-state index < -0.39 is 0 Å². The maximum absolute atomic E-state index is 12.6. The van der Waals surface area contributed by atoms with Crippen LogP contribution in [-0.4, -0.2) is 20.9 Å². The third-order valence-electron chi connectivity index (χ3n) is 4.91. The number of carbonyl (C=O) groups excluding carboxylic acids is 1. The predicted octanol–water partition coefficient (Wildman–Crippen LogP) is 5.60. The molecule has 0 fully saturated rings. The largest absolute Gasteiger partial charge is 0.296 e. The maximum Gasteiger partial charge on any atom is 0.277 e. The van der Waals surface area contributed by atoms with Gasteiger partial charge in [0.05, 0.1) is 22.9 Å². The van der Waals surface area contributed by atoms with Crippen LogP contribution in [0.2, 0.25) is 0 Å². The molecule has 0 aliphatic carbocycles. The number of nitrogens with one attached hydrogen (secondary N) is 1. The van der Waals surface area contributed by atoms with Crippen LogP contribution in [0.1, 0.15) is 21.6 Å². The van der Waals surface area contributed by atoms with E-state index >= 15 is 0 Å². The summed E-state index contributed by atoms with van der Waals surface area (Å²) < 4.78 is 0. The number of anilines is 1. The summed E-state index contributed by atoms with van der Waals surface area (Å²) in [7, 11) is 0. The lowest BCUT2D eigenvalue weighted by atomic mass is 10.0. The van der Waals surface area contributed by atoms with Gasteiger partial charge in [-0.3, -0.25) is 15.1 Å². The van der Waals surface area contributed by atoms with E-state index in [4.69, 9.17) is 0 Å². The van der Waals surface area contributed by atoms with Crippen molar-refractivity contribution < 1.29 is 4.79 Å². The van der Waals surface area contributed by atoms with Crippen molar-refractivity contribution in [2.75, 3.05) is 5.32 Å². The quantitative estimate of drug-likeness (QED) is 0.400. The molecule has 0 saturated carbocycles. The number of hydrogen-bond acceptors (Lipinski definition) is 5. The van der Waals surface area contributed by atoms with E-state index in [0.29, 0.717) is 10.6 Å². The molecule has 0 radical (unpaired) electrons. The van der Waals surface area contributed by atoms with Gasteiger partial charge >= 0.3 is 0 Å². The second-order valence-corrected chi connectivity index (χ2v) is 7.95. The maximum atomic E-state index is 12.6. The highest BCUT2D eigenvalue weighted by molar-refractivity contribution is 7.14. The smallest absolute Gasteiger partial charge is 0.277 e. The van der Waals surface area contributed by atoms with Gasteiger partial charge in [0.15, 0.2) is 5.13 Å². The molecule has 6 heteroatoms. The molecule has 31 heavy (non-hydrogen) atoms. The van der Waals surface area contributed by atoms with Crippen molar-refractivity contribution in [1.82, 2.24) is 15.0 Å². The highest BCUT2D eigenvalue weighted by Gasteiger charge is 2.12. The lowest BCUT2D eigenvalue weighted by Gasteiger charge is -2.04. The standard InChI is InChI=1S/C25H18N4OS/c30-24(22-15-26-20-8-4-5-9-21(20)27-22)29-25-28-23(16-31-25)19-12-10-18(11-13-19)14-17-6-2-1-3-7-17/h1-13,15-16H,14H2,(H,28,29,30). The topological polar surface area (TPSA) is 67.8 Å². The average molecular weight is 423 g/mol. The summed E-state index contributed by atoms with van der Waals surface area (Å²) in [5, 5.41) is 5.29. The lowest BCUT2D eigenvalue weighted by molar-refractivity contribution is 0.102. The molecular weight excluding hydrogens is 404 g/mol. The Bertz CT molecular complexity index is 1350. The molecule has 2 heterocycles. The highest BCUT2D eigenvalue weighted by Crippen LogP contribution is 2.26. The Morgan fingerprint density at radius 3 is 2.32 bits per heavy atom. The summed E-state index contributed by atoms with van der Waals surface area (Å²) >= 11 is 1.39. The van der Waals surface area contributed by atoms with E-state index in [1.807, 2.05) is 35.7 Å². The number of hydrogen-bond donors (Lipinski definition) is 1. The Hall–Kier alpha value is -3.90. The number of fused-ring (bicyclic) bond motifs is 1. The average Bonchev–Trinajstić information content (AvgIpc) is 3.28. The summed E-state index contributed by atoms with van der Waals surface area (Å²) in [6.45, 7) is 0. The minimum atomic E-state index is -0.322. The van der Waals surface area contributed by atoms with Crippen molar-refractivity contribution in [3.8, 4) is 11.3 Å². The van der Waals surface area contributed by atoms with E-state index in [2.05, 4.69) is 68.8 Å². The second-order valence-electron chi connectivity index (χ2n) is 7.10. The molecule has 2 aromatic heterocycles. The van der Waals surface area contributed by atoms with Gasteiger partial charge in [-0.15, -0.1) is 11.3 Å². The number of thiazole rings is 1. The van der Waals surface area contributed by atoms with E-state index in [0.717, 1.165) is 23.2 Å². The molecule has 1 N–H and O–H groups in total. The zero-order chi connectivity index (χ0) is 21.0. The van der Waals surface area contributed by atoms with Crippen molar-refractivity contribution in [3.63, 3.8) is 0 Å². The van der Waals surface area contributed by atoms with Gasteiger partial charge in [-0.2, -0.15) is 0 Å². The van der Waals surface area contributed by atoms with Gasteiger partial charge in [-0.1, -0.05) is 66.7 Å². The van der Waals surface area contributed by atoms with E-state index in [9.17, 15) is 4.79 Å². The molecule has 0 atom stereocenters. The van der Waals surface area contributed by atoms with Gasteiger partial charge in [-0.25, -0.2) is 9.97 Å². The minimum absolute atomic E-state index is 0.265. The fraction of sp³-hybridized carbons (Fsp3) is 0.0400. The van der Waals surface area contributed by atoms with Gasteiger partial charge in [-0.05, 0) is 29.7 Å². The number of benzene rings is 3. The monoisotopic (exact) mass is 422 g/mol. The Labute approximate surface area is 183 Å². The van der Waals surface area contributed by atoms with Crippen LogP contribution in [0.25, 0.3) is 22.3 Å². The van der Waals surface area contributed by atoms with Gasteiger partial charge in [0.25, 0.3) is 5.91 Å². The molecule has 5 aromatic rings. The molecule has 0 bridgehead atoms. The third kappa shape index (κ3) is 4.34. The Morgan fingerprint density at radius 2 is 1.52 bits per heavy atom. The summed E-state index contributed by atoms with van der Waals surface area (Å²) in [4.78, 5) is 25.8. The van der Waals surface area contributed by atoms with Crippen molar-refractivity contribution in [2.45, 2.75) is 6.42 Å². The summed E-state index contributed by atoms with van der Waals surface area (Å²) in [5.74, 6) is -0.322. The van der Waals surface area contributed by atoms with E-state index in [1.54, 1.807) is 0 Å². The van der Waals surface area contributed by atoms with Crippen LogP contribution in [0.4, 0.5) is 5.13 Å². The third-order valence-corrected chi connectivity index (χ3v) is 5.66. The van der Waals surface area contributed by atoms with Crippen LogP contribution in [0, 0.1) is 0 Å². The predicted molar refractivity (Wildman–Crippen MR) is 124 cm³/mol. The first kappa shape index (κ1) is 19.1. The normalized spacial score (nSPS) is 10.8. The van der Waals surface area contributed by atoms with Crippen LogP contribution >= 0.6 is 11.3 Å². The van der Waals surface area contributed by atoms with Crippen LogP contribution in [0.5, 0.6) is 0 Å². The number of nitrogens with zero attached hydrogens (tertiary/aromatic N) is 3. The highest BCUT2D eigenvalue weighted by atomic mass is 32.1. The second kappa shape index (κ2) is 8.45. The molecule has 0 spiro atoms. The zero-order valence-corrected chi connectivity index (χ0v) is 17.3. The molecule has 5 nitrogen and oxygen atoms in total. The van der Waals surface area contributed by atoms with Gasteiger partial charge in [0.1, 0.15) is 5.69 Å². The van der Waals surface area contributed by atoms with Crippen LogP contribution in [-0.2, 0) is 6.42 Å². The molecule has 0 unspecified atom stereocenters. The van der Waals surface area contributed by atoms with E-state index in [1.165, 1.54) is 28.7 Å². The van der Waals surface area contributed by atoms with Crippen molar-refractivity contribution in [2.24, 2.45) is 0 Å². The fourth-order valence-corrected chi connectivity index (χ4v) is 4.03. The van der Waals surface area contributed by atoms with Gasteiger partial charge in [0.2, 0.25) is 0 Å². The van der Waals surface area contributed by atoms with Gasteiger partial charge < -0.3 is 0 Å². The summed E-state index contributed by atoms with van der Waals surface area (Å²) in [6, 6.07) is 26.2. The van der Waals surface area contributed by atoms with Crippen molar-refractivity contribution in [1.29, 1.82) is 0 Å². The SMILES string of the molecule is O=C(Nc1nc(-c2ccc(Cc3ccccc3)cc2)cs1)c1cnc2ccccc2n1. The minimum Gasteiger partial charge on any atom is -0.296 e. The summed E-state index contributed by atoms with van der Waals surface area (Å²) in [5.41, 5.74) is 6.08. The lowest BCUT2D eigenvalue weighted by Crippen LogP contribution is -2.14. The molecule has 0 aliphatic heterocycles. The summed E-state index contributed by atoms with van der Waals surface area (Å²) in [6.07, 6.45) is 2.38. The van der Waals surface area contributed by atoms with Gasteiger partial charge in [0, 0.05) is 10.9 Å². The Balaban J connectivity index is 1.28. The zero-order valence-electron chi connectivity index (χ0n) is 16.5.